The Morgan fingerprint density at radius 2 is 2.26 bits per heavy atom. The van der Waals surface area contributed by atoms with Gasteiger partial charge in [-0.25, -0.2) is 0 Å². The zero-order valence-corrected chi connectivity index (χ0v) is 12.5. The second-order valence-electron chi connectivity index (χ2n) is 6.47. The van der Waals surface area contributed by atoms with Crippen LogP contribution in [0.25, 0.3) is 0 Å². The van der Waals surface area contributed by atoms with Crippen molar-refractivity contribution in [3.8, 4) is 5.40 Å². The van der Waals surface area contributed by atoms with Gasteiger partial charge < -0.3 is 4.74 Å². The molecule has 1 aromatic heterocycles. The first kappa shape index (κ1) is 13.0. The van der Waals surface area contributed by atoms with Gasteiger partial charge in [0.05, 0.1) is 11.6 Å². The SMILES string of the molecule is CC(C)(C)c1cc(SC#N)nn1C1CCOC12CC2. The minimum Gasteiger partial charge on any atom is -0.373 e. The highest BCUT2D eigenvalue weighted by atomic mass is 32.2. The molecule has 0 amide bonds. The van der Waals surface area contributed by atoms with Crippen LogP contribution in [0.4, 0.5) is 0 Å². The van der Waals surface area contributed by atoms with Crippen molar-refractivity contribution in [3.63, 3.8) is 0 Å². The van der Waals surface area contributed by atoms with E-state index in [2.05, 4.69) is 42.0 Å². The van der Waals surface area contributed by atoms with Crippen LogP contribution in [-0.2, 0) is 10.2 Å². The number of ether oxygens (including phenoxy) is 1. The predicted octanol–water partition coefficient (Wildman–Crippen LogP) is 3.25. The molecule has 1 saturated heterocycles. The van der Waals surface area contributed by atoms with Crippen molar-refractivity contribution in [2.75, 3.05) is 6.61 Å². The van der Waals surface area contributed by atoms with Gasteiger partial charge in [-0.1, -0.05) is 20.8 Å². The van der Waals surface area contributed by atoms with E-state index in [4.69, 9.17) is 10.00 Å². The van der Waals surface area contributed by atoms with Crippen molar-refractivity contribution in [1.29, 1.82) is 5.26 Å². The molecule has 1 aliphatic heterocycles. The molecule has 1 saturated carbocycles. The molecule has 1 aliphatic carbocycles. The van der Waals surface area contributed by atoms with E-state index in [1.165, 1.54) is 5.69 Å². The molecule has 1 spiro atoms. The summed E-state index contributed by atoms with van der Waals surface area (Å²) in [5, 5.41) is 16.4. The van der Waals surface area contributed by atoms with Gasteiger partial charge in [0, 0.05) is 29.5 Å². The van der Waals surface area contributed by atoms with Gasteiger partial charge in [-0.15, -0.1) is 0 Å². The first-order valence-corrected chi connectivity index (χ1v) is 7.58. The summed E-state index contributed by atoms with van der Waals surface area (Å²) in [7, 11) is 0. The Hall–Kier alpha value is -0.990. The Bertz CT molecular complexity index is 534. The molecule has 1 atom stereocenters. The third-order valence-electron chi connectivity index (χ3n) is 4.06. The lowest BCUT2D eigenvalue weighted by atomic mass is 9.91. The average molecular weight is 277 g/mol. The Kier molecular flexibility index (Phi) is 2.91. The largest absolute Gasteiger partial charge is 0.373 e. The van der Waals surface area contributed by atoms with Crippen LogP contribution >= 0.6 is 11.8 Å². The molecule has 19 heavy (non-hydrogen) atoms. The van der Waals surface area contributed by atoms with Crippen LogP contribution < -0.4 is 0 Å². The summed E-state index contributed by atoms with van der Waals surface area (Å²) in [6.07, 6.45) is 3.31. The molecule has 2 fully saturated rings. The molecule has 3 rings (SSSR count). The minimum absolute atomic E-state index is 0.0277. The zero-order chi connectivity index (χ0) is 13.7. The monoisotopic (exact) mass is 277 g/mol. The number of thiocyanates is 1. The van der Waals surface area contributed by atoms with Gasteiger partial charge in [-0.3, -0.25) is 4.68 Å². The number of aromatic nitrogens is 2. The van der Waals surface area contributed by atoms with Gasteiger partial charge in [0.2, 0.25) is 0 Å². The fraction of sp³-hybridized carbons (Fsp3) is 0.714. The summed E-state index contributed by atoms with van der Waals surface area (Å²) in [5.41, 5.74) is 1.27. The van der Waals surface area contributed by atoms with Crippen molar-refractivity contribution in [2.24, 2.45) is 0 Å². The lowest BCUT2D eigenvalue weighted by molar-refractivity contribution is 0.0665. The summed E-state index contributed by atoms with van der Waals surface area (Å²) in [6.45, 7) is 7.40. The van der Waals surface area contributed by atoms with E-state index in [1.54, 1.807) is 0 Å². The number of nitriles is 1. The van der Waals surface area contributed by atoms with Crippen LogP contribution in [0.5, 0.6) is 0 Å². The van der Waals surface area contributed by atoms with Crippen LogP contribution in [-0.4, -0.2) is 22.0 Å². The summed E-state index contributed by atoms with van der Waals surface area (Å²) in [5.74, 6) is 0. The van der Waals surface area contributed by atoms with Gasteiger partial charge in [0.1, 0.15) is 10.4 Å². The molecule has 0 bridgehead atoms. The minimum atomic E-state index is 0.0277. The normalized spacial score (nSPS) is 24.6. The maximum absolute atomic E-state index is 8.84. The van der Waals surface area contributed by atoms with Crippen LogP contribution in [0.15, 0.2) is 11.1 Å². The van der Waals surface area contributed by atoms with Gasteiger partial charge in [0.15, 0.2) is 0 Å². The van der Waals surface area contributed by atoms with Crippen molar-refractivity contribution in [1.82, 2.24) is 9.78 Å². The number of hydrogen-bond donors (Lipinski definition) is 0. The fourth-order valence-electron chi connectivity index (χ4n) is 2.95. The zero-order valence-electron chi connectivity index (χ0n) is 11.6. The van der Waals surface area contributed by atoms with Gasteiger partial charge >= 0.3 is 0 Å². The van der Waals surface area contributed by atoms with Gasteiger partial charge in [-0.05, 0) is 25.3 Å². The van der Waals surface area contributed by atoms with Crippen molar-refractivity contribution >= 4 is 11.8 Å². The molecule has 0 N–H and O–H groups in total. The highest BCUT2D eigenvalue weighted by Crippen LogP contribution is 2.54. The quantitative estimate of drug-likeness (QED) is 0.615. The van der Waals surface area contributed by atoms with E-state index in [9.17, 15) is 0 Å². The molecular formula is C14H19N3OS. The molecule has 102 valence electrons. The summed E-state index contributed by atoms with van der Waals surface area (Å²) >= 11 is 1.14. The van der Waals surface area contributed by atoms with Gasteiger partial charge in [0.25, 0.3) is 0 Å². The summed E-state index contributed by atoms with van der Waals surface area (Å²) < 4.78 is 8.06. The maximum Gasteiger partial charge on any atom is 0.140 e. The molecule has 2 heterocycles. The maximum atomic E-state index is 8.84. The Labute approximate surface area is 118 Å². The Morgan fingerprint density at radius 1 is 1.53 bits per heavy atom. The third-order valence-corrected chi connectivity index (χ3v) is 4.56. The topological polar surface area (TPSA) is 50.8 Å². The van der Waals surface area contributed by atoms with Crippen LogP contribution in [0.2, 0.25) is 0 Å². The highest BCUT2D eigenvalue weighted by Gasteiger charge is 2.56. The Morgan fingerprint density at radius 3 is 2.84 bits per heavy atom. The highest BCUT2D eigenvalue weighted by molar-refractivity contribution is 8.03. The number of nitrogens with zero attached hydrogens (tertiary/aromatic N) is 3. The number of rotatable bonds is 2. The van der Waals surface area contributed by atoms with E-state index >= 15 is 0 Å². The summed E-state index contributed by atoms with van der Waals surface area (Å²) in [6, 6.07) is 2.40. The first-order valence-electron chi connectivity index (χ1n) is 6.76. The second kappa shape index (κ2) is 4.26. The molecule has 0 aromatic carbocycles. The fourth-order valence-corrected chi connectivity index (χ4v) is 3.34. The molecule has 4 nitrogen and oxygen atoms in total. The molecule has 5 heteroatoms. The molecule has 0 radical (unpaired) electrons. The van der Waals surface area contributed by atoms with E-state index in [0.29, 0.717) is 6.04 Å². The van der Waals surface area contributed by atoms with E-state index in [1.807, 2.05) is 0 Å². The molecule has 2 aliphatic rings. The lowest BCUT2D eigenvalue weighted by Gasteiger charge is -2.26. The van der Waals surface area contributed by atoms with E-state index < -0.39 is 0 Å². The van der Waals surface area contributed by atoms with E-state index in [-0.39, 0.29) is 11.0 Å². The first-order chi connectivity index (χ1) is 8.96. The average Bonchev–Trinajstić information content (AvgIpc) is 2.78. The van der Waals surface area contributed by atoms with Crippen molar-refractivity contribution in [2.45, 2.75) is 62.1 Å². The molecular weight excluding hydrogens is 258 g/mol. The standard InChI is InChI=1S/C14H19N3OS/c1-13(2,3)11-8-12(19-9-15)16-17(11)10-4-7-18-14(10)5-6-14/h8,10H,4-7H2,1-3H3. The number of hydrogen-bond acceptors (Lipinski definition) is 4. The molecule has 1 aromatic rings. The third kappa shape index (κ3) is 2.17. The van der Waals surface area contributed by atoms with E-state index in [0.717, 1.165) is 42.7 Å². The van der Waals surface area contributed by atoms with Crippen LogP contribution in [0.1, 0.15) is 51.8 Å². The van der Waals surface area contributed by atoms with Crippen molar-refractivity contribution in [3.05, 3.63) is 11.8 Å². The van der Waals surface area contributed by atoms with Crippen LogP contribution in [0, 0.1) is 10.7 Å². The van der Waals surface area contributed by atoms with Crippen molar-refractivity contribution < 1.29 is 4.74 Å². The smallest absolute Gasteiger partial charge is 0.140 e. The predicted molar refractivity (Wildman–Crippen MR) is 74.0 cm³/mol. The second-order valence-corrected chi connectivity index (χ2v) is 7.28. The molecule has 1 unspecified atom stereocenters. The lowest BCUT2D eigenvalue weighted by Crippen LogP contribution is -2.28. The van der Waals surface area contributed by atoms with Crippen LogP contribution in [0.3, 0.4) is 0 Å². The Balaban J connectivity index is 2.02. The summed E-state index contributed by atoms with van der Waals surface area (Å²) in [4.78, 5) is 0. The van der Waals surface area contributed by atoms with Gasteiger partial charge in [-0.2, -0.15) is 10.4 Å². The number of thioether (sulfide) groups is 1.